The maximum Gasteiger partial charge on any atom is 0.246 e. The van der Waals surface area contributed by atoms with E-state index < -0.39 is 0 Å². The molecule has 0 saturated heterocycles. The Morgan fingerprint density at radius 2 is 2.08 bits per heavy atom. The van der Waals surface area contributed by atoms with Crippen LogP contribution in [0.3, 0.4) is 0 Å². The van der Waals surface area contributed by atoms with Gasteiger partial charge in [0.05, 0.1) is 28.6 Å². The number of carbonyl (C=O) groups excluding carboxylic acids is 2. The summed E-state index contributed by atoms with van der Waals surface area (Å²) in [6.45, 7) is 3.93. The van der Waals surface area contributed by atoms with Crippen molar-refractivity contribution in [3.8, 4) is 0 Å². The third-order valence-electron chi connectivity index (χ3n) is 4.18. The Morgan fingerprint density at radius 1 is 1.32 bits per heavy atom. The van der Waals surface area contributed by atoms with E-state index in [2.05, 4.69) is 10.6 Å². The molecule has 0 radical (unpaired) electrons. The Bertz CT molecular complexity index is 822. The summed E-state index contributed by atoms with van der Waals surface area (Å²) in [5.74, 6) is -0.210. The normalized spacial score (nSPS) is 16.7. The van der Waals surface area contributed by atoms with Crippen LogP contribution in [-0.4, -0.2) is 24.4 Å². The van der Waals surface area contributed by atoms with Gasteiger partial charge in [0.25, 0.3) is 0 Å². The molecule has 3 rings (SSSR count). The van der Waals surface area contributed by atoms with Crippen molar-refractivity contribution in [1.82, 2.24) is 0 Å². The first-order valence-electron chi connectivity index (χ1n) is 8.16. The van der Waals surface area contributed by atoms with E-state index in [4.69, 9.17) is 11.6 Å². The minimum absolute atomic E-state index is 0.0928. The number of benzene rings is 2. The molecule has 1 heterocycles. The van der Waals surface area contributed by atoms with Gasteiger partial charge in [0, 0.05) is 12.5 Å². The number of nitrogens with one attached hydrogen (secondary N) is 2. The Labute approximate surface area is 152 Å². The fourth-order valence-corrected chi connectivity index (χ4v) is 3.29. The smallest absolute Gasteiger partial charge is 0.246 e. The molecule has 25 heavy (non-hydrogen) atoms. The highest BCUT2D eigenvalue weighted by atomic mass is 35.5. The molecule has 5 nitrogen and oxygen atoms in total. The van der Waals surface area contributed by atoms with E-state index in [1.54, 1.807) is 11.0 Å². The minimum Gasteiger partial charge on any atom is -0.375 e. The summed E-state index contributed by atoms with van der Waals surface area (Å²) in [4.78, 5) is 26.5. The highest BCUT2D eigenvalue weighted by molar-refractivity contribution is 6.33. The number of amides is 2. The van der Waals surface area contributed by atoms with Crippen LogP contribution >= 0.6 is 11.6 Å². The monoisotopic (exact) mass is 357 g/mol. The lowest BCUT2D eigenvalue weighted by Gasteiger charge is -2.28. The van der Waals surface area contributed by atoms with Crippen molar-refractivity contribution in [2.24, 2.45) is 0 Å². The van der Waals surface area contributed by atoms with Gasteiger partial charge < -0.3 is 15.5 Å². The Hall–Kier alpha value is -2.53. The molecule has 2 aromatic carbocycles. The maximum atomic E-state index is 12.9. The number of carbonyl (C=O) groups is 2. The lowest BCUT2D eigenvalue weighted by Crippen LogP contribution is -2.42. The number of hydrogen-bond acceptors (Lipinski definition) is 3. The van der Waals surface area contributed by atoms with E-state index >= 15 is 0 Å². The predicted octanol–water partition coefficient (Wildman–Crippen LogP) is 3.82. The summed E-state index contributed by atoms with van der Waals surface area (Å²) in [5, 5.41) is 6.52. The molecule has 130 valence electrons. The van der Waals surface area contributed by atoms with Crippen molar-refractivity contribution in [2.45, 2.75) is 26.3 Å². The zero-order valence-electron chi connectivity index (χ0n) is 14.2. The summed E-state index contributed by atoms with van der Waals surface area (Å²) in [7, 11) is 0. The Morgan fingerprint density at radius 3 is 2.84 bits per heavy atom. The summed E-state index contributed by atoms with van der Waals surface area (Å²) in [6, 6.07) is 12.7. The molecule has 2 amide bonds. The molecule has 1 aliphatic rings. The van der Waals surface area contributed by atoms with E-state index in [9.17, 15) is 9.59 Å². The second-order valence-corrected chi connectivity index (χ2v) is 6.63. The molecule has 6 heteroatoms. The third kappa shape index (κ3) is 3.77. The molecule has 0 bridgehead atoms. The lowest BCUT2D eigenvalue weighted by atomic mass is 10.1. The van der Waals surface area contributed by atoms with E-state index in [-0.39, 0.29) is 30.8 Å². The molecule has 0 unspecified atom stereocenters. The summed E-state index contributed by atoms with van der Waals surface area (Å²) >= 11 is 6.21. The first-order chi connectivity index (χ1) is 12.0. The molecule has 0 saturated carbocycles. The van der Waals surface area contributed by atoms with E-state index in [0.717, 1.165) is 5.56 Å². The summed E-state index contributed by atoms with van der Waals surface area (Å²) in [6.07, 6.45) is 0.256. The standard InChI is InChI=1S/C19H20ClN3O2/c1-12-7-8-15(14(20)9-12)21-11-19(25)23-13(2)10-18(24)22-16-5-3-4-6-17(16)23/h3-9,13,21H,10-11H2,1-2H3,(H,22,24)/t13-/m0/s1. The van der Waals surface area contributed by atoms with Crippen LogP contribution in [-0.2, 0) is 9.59 Å². The average Bonchev–Trinajstić information content (AvgIpc) is 2.68. The number of nitrogens with zero attached hydrogens (tertiary/aromatic N) is 1. The quantitative estimate of drug-likeness (QED) is 0.877. The van der Waals surface area contributed by atoms with Gasteiger partial charge in [0.15, 0.2) is 0 Å². The van der Waals surface area contributed by atoms with Gasteiger partial charge in [-0.1, -0.05) is 29.8 Å². The highest BCUT2D eigenvalue weighted by Crippen LogP contribution is 2.31. The van der Waals surface area contributed by atoms with Crippen LogP contribution in [0.25, 0.3) is 0 Å². The lowest BCUT2D eigenvalue weighted by molar-refractivity contribution is -0.118. The third-order valence-corrected chi connectivity index (χ3v) is 4.50. The molecule has 1 aliphatic heterocycles. The second-order valence-electron chi connectivity index (χ2n) is 6.22. The number of rotatable bonds is 3. The molecule has 1 atom stereocenters. The largest absolute Gasteiger partial charge is 0.375 e. The molecular formula is C19H20ClN3O2. The molecule has 0 aromatic heterocycles. The van der Waals surface area contributed by atoms with Crippen molar-refractivity contribution >= 4 is 40.5 Å². The van der Waals surface area contributed by atoms with E-state index in [1.165, 1.54) is 0 Å². The number of fused-ring (bicyclic) bond motifs is 1. The van der Waals surface area contributed by atoms with Gasteiger partial charge in [0.2, 0.25) is 11.8 Å². The first-order valence-corrected chi connectivity index (χ1v) is 8.54. The van der Waals surface area contributed by atoms with Crippen LogP contribution in [0.5, 0.6) is 0 Å². The maximum absolute atomic E-state index is 12.9. The number of aryl methyl sites for hydroxylation is 1. The second kappa shape index (κ2) is 7.15. The van der Waals surface area contributed by atoms with Crippen LogP contribution in [0.2, 0.25) is 5.02 Å². The average molecular weight is 358 g/mol. The number of hydrogen-bond donors (Lipinski definition) is 2. The minimum atomic E-state index is -0.230. The van der Waals surface area contributed by atoms with Crippen LogP contribution < -0.4 is 15.5 Å². The summed E-state index contributed by atoms with van der Waals surface area (Å²) < 4.78 is 0. The fourth-order valence-electron chi connectivity index (χ4n) is 2.99. The zero-order chi connectivity index (χ0) is 18.0. The molecular weight excluding hydrogens is 338 g/mol. The molecule has 0 fully saturated rings. The van der Waals surface area contributed by atoms with Crippen LogP contribution in [0.15, 0.2) is 42.5 Å². The van der Waals surface area contributed by atoms with Crippen LogP contribution in [0.4, 0.5) is 17.1 Å². The van der Waals surface area contributed by atoms with Gasteiger partial charge in [-0.15, -0.1) is 0 Å². The van der Waals surface area contributed by atoms with Crippen molar-refractivity contribution in [1.29, 1.82) is 0 Å². The van der Waals surface area contributed by atoms with Crippen molar-refractivity contribution < 1.29 is 9.59 Å². The van der Waals surface area contributed by atoms with Crippen LogP contribution in [0.1, 0.15) is 18.9 Å². The van der Waals surface area contributed by atoms with Crippen molar-refractivity contribution in [2.75, 3.05) is 22.1 Å². The van der Waals surface area contributed by atoms with E-state index in [1.807, 2.05) is 50.2 Å². The van der Waals surface area contributed by atoms with Gasteiger partial charge in [-0.2, -0.15) is 0 Å². The number of anilines is 3. The fraction of sp³-hybridized carbons (Fsp3) is 0.263. The molecule has 0 aliphatic carbocycles. The number of para-hydroxylation sites is 2. The van der Waals surface area contributed by atoms with Gasteiger partial charge in [-0.3, -0.25) is 9.59 Å². The van der Waals surface area contributed by atoms with Gasteiger partial charge in [0.1, 0.15) is 0 Å². The Balaban J connectivity index is 1.81. The van der Waals surface area contributed by atoms with Gasteiger partial charge >= 0.3 is 0 Å². The van der Waals surface area contributed by atoms with E-state index in [0.29, 0.717) is 22.1 Å². The SMILES string of the molecule is Cc1ccc(NCC(=O)N2c3ccccc3NC(=O)C[C@@H]2C)c(Cl)c1. The van der Waals surface area contributed by atoms with Crippen LogP contribution in [0, 0.1) is 6.92 Å². The first kappa shape index (κ1) is 17.3. The summed E-state index contributed by atoms with van der Waals surface area (Å²) in [5.41, 5.74) is 3.13. The van der Waals surface area contributed by atoms with Gasteiger partial charge in [-0.25, -0.2) is 0 Å². The van der Waals surface area contributed by atoms with Crippen molar-refractivity contribution in [3.63, 3.8) is 0 Å². The topological polar surface area (TPSA) is 61.4 Å². The molecule has 2 N–H and O–H groups in total. The number of halogens is 1. The predicted molar refractivity (Wildman–Crippen MR) is 101 cm³/mol. The Kier molecular flexibility index (Phi) is 4.95. The molecule has 0 spiro atoms. The molecule has 2 aromatic rings. The highest BCUT2D eigenvalue weighted by Gasteiger charge is 2.29. The van der Waals surface area contributed by atoms with Gasteiger partial charge in [-0.05, 0) is 43.7 Å². The zero-order valence-corrected chi connectivity index (χ0v) is 14.9. The van der Waals surface area contributed by atoms with Crippen molar-refractivity contribution in [3.05, 3.63) is 53.1 Å².